The van der Waals surface area contributed by atoms with Gasteiger partial charge in [0, 0.05) is 11.6 Å². The Kier molecular flexibility index (Phi) is 3.96. The Labute approximate surface area is 148 Å². The van der Waals surface area contributed by atoms with Crippen LogP contribution in [0.2, 0.25) is 0 Å². The van der Waals surface area contributed by atoms with E-state index in [1.54, 1.807) is 31.3 Å². The summed E-state index contributed by atoms with van der Waals surface area (Å²) >= 11 is 0. The smallest absolute Gasteiger partial charge is 0.272 e. The fraction of sp³-hybridized carbons (Fsp3) is 0.158. The van der Waals surface area contributed by atoms with Crippen molar-refractivity contribution in [3.63, 3.8) is 0 Å². The second kappa shape index (κ2) is 6.44. The van der Waals surface area contributed by atoms with Crippen LogP contribution in [0.1, 0.15) is 24.2 Å². The summed E-state index contributed by atoms with van der Waals surface area (Å²) in [7, 11) is 0. The van der Waals surface area contributed by atoms with E-state index < -0.39 is 5.92 Å². The fourth-order valence-corrected chi connectivity index (χ4v) is 3.04. The van der Waals surface area contributed by atoms with Gasteiger partial charge in [0.25, 0.3) is 5.56 Å². The third kappa shape index (κ3) is 2.73. The molecule has 4 aromatic rings. The maximum absolute atomic E-state index is 12.6. The van der Waals surface area contributed by atoms with Crippen LogP contribution in [0.5, 0.6) is 0 Å². The van der Waals surface area contributed by atoms with Gasteiger partial charge in [-0.05, 0) is 25.1 Å². The molecule has 4 rings (SSSR count). The van der Waals surface area contributed by atoms with Crippen LogP contribution in [-0.2, 0) is 11.3 Å². The quantitative estimate of drug-likeness (QED) is 0.590. The Morgan fingerprint density at radius 2 is 1.96 bits per heavy atom. The molecule has 26 heavy (non-hydrogen) atoms. The molecule has 0 spiro atoms. The molecular weight excluding hydrogens is 330 g/mol. The van der Waals surface area contributed by atoms with Gasteiger partial charge >= 0.3 is 0 Å². The van der Waals surface area contributed by atoms with Crippen LogP contribution in [0.25, 0.3) is 16.4 Å². The number of imidazole rings is 1. The summed E-state index contributed by atoms with van der Waals surface area (Å²) in [5.74, 6) is -0.670. The lowest BCUT2D eigenvalue weighted by molar-refractivity contribution is -0.122. The predicted molar refractivity (Wildman–Crippen MR) is 97.8 cm³/mol. The molecule has 0 saturated carbocycles. The molecule has 130 valence electrons. The second-order valence-corrected chi connectivity index (χ2v) is 6.10. The Bertz CT molecular complexity index is 1160. The lowest BCUT2D eigenvalue weighted by atomic mass is 10.0. The first-order chi connectivity index (χ1) is 12.6. The number of pyridine rings is 1. The van der Waals surface area contributed by atoms with E-state index in [1.165, 1.54) is 0 Å². The fourth-order valence-electron chi connectivity index (χ4n) is 3.04. The molecule has 2 N–H and O–H groups in total. The highest BCUT2D eigenvalue weighted by molar-refractivity contribution is 5.90. The lowest BCUT2D eigenvalue weighted by Gasteiger charge is -2.13. The van der Waals surface area contributed by atoms with Crippen LogP contribution >= 0.6 is 0 Å². The van der Waals surface area contributed by atoms with Gasteiger partial charge in [0.15, 0.2) is 0 Å². The van der Waals surface area contributed by atoms with Gasteiger partial charge in [0.05, 0.1) is 35.4 Å². The first-order valence-electron chi connectivity index (χ1n) is 8.31. The SMILES string of the molecule is CC(C(=O)NCc1cnc2ccccn12)c1n[nH]c(=O)c2ccccc12. The number of rotatable bonds is 4. The summed E-state index contributed by atoms with van der Waals surface area (Å²) in [5, 5.41) is 10.7. The van der Waals surface area contributed by atoms with Crippen molar-refractivity contribution in [3.8, 4) is 0 Å². The van der Waals surface area contributed by atoms with Crippen molar-refractivity contribution in [2.45, 2.75) is 19.4 Å². The first kappa shape index (κ1) is 16.0. The molecule has 3 heterocycles. The van der Waals surface area contributed by atoms with E-state index in [1.807, 2.05) is 34.9 Å². The molecule has 1 unspecified atom stereocenters. The normalized spacial score (nSPS) is 12.3. The van der Waals surface area contributed by atoms with Gasteiger partial charge in [-0.2, -0.15) is 5.10 Å². The number of nitrogens with zero attached hydrogens (tertiary/aromatic N) is 3. The van der Waals surface area contributed by atoms with Gasteiger partial charge < -0.3 is 9.72 Å². The van der Waals surface area contributed by atoms with Crippen LogP contribution in [-0.4, -0.2) is 25.5 Å². The molecule has 7 heteroatoms. The molecule has 0 fully saturated rings. The zero-order valence-electron chi connectivity index (χ0n) is 14.1. The number of amides is 1. The van der Waals surface area contributed by atoms with Gasteiger partial charge in [0.2, 0.25) is 5.91 Å². The number of benzene rings is 1. The molecule has 3 aromatic heterocycles. The standard InChI is InChI=1S/C19H17N5O2/c1-12(17-14-6-2-3-7-15(14)19(26)23-22-17)18(25)21-11-13-10-20-16-8-4-5-9-24(13)16/h2-10,12H,11H2,1H3,(H,21,25)(H,23,26). The van der Waals surface area contributed by atoms with E-state index in [-0.39, 0.29) is 11.5 Å². The highest BCUT2D eigenvalue weighted by Crippen LogP contribution is 2.21. The molecule has 0 saturated heterocycles. The summed E-state index contributed by atoms with van der Waals surface area (Å²) in [6, 6.07) is 12.9. The highest BCUT2D eigenvalue weighted by Gasteiger charge is 2.20. The number of carbonyl (C=O) groups is 1. The zero-order valence-corrected chi connectivity index (χ0v) is 14.1. The summed E-state index contributed by atoms with van der Waals surface area (Å²) in [6.07, 6.45) is 3.65. The number of H-pyrrole nitrogens is 1. The van der Waals surface area contributed by atoms with Gasteiger partial charge in [0.1, 0.15) is 5.65 Å². The highest BCUT2D eigenvalue weighted by atomic mass is 16.2. The van der Waals surface area contributed by atoms with Gasteiger partial charge in [-0.1, -0.05) is 24.3 Å². The predicted octanol–water partition coefficient (Wildman–Crippen LogP) is 1.99. The van der Waals surface area contributed by atoms with E-state index in [2.05, 4.69) is 20.5 Å². The van der Waals surface area contributed by atoms with Crippen molar-refractivity contribution >= 4 is 22.3 Å². The van der Waals surface area contributed by atoms with E-state index in [9.17, 15) is 9.59 Å². The molecule has 0 aliphatic carbocycles. The maximum Gasteiger partial charge on any atom is 0.272 e. The van der Waals surface area contributed by atoms with Crippen LogP contribution in [0.3, 0.4) is 0 Å². The van der Waals surface area contributed by atoms with E-state index in [4.69, 9.17) is 0 Å². The van der Waals surface area contributed by atoms with E-state index >= 15 is 0 Å². The van der Waals surface area contributed by atoms with Crippen LogP contribution in [0.15, 0.2) is 59.7 Å². The molecular formula is C19H17N5O2. The van der Waals surface area contributed by atoms with Crippen molar-refractivity contribution in [2.75, 3.05) is 0 Å². The topological polar surface area (TPSA) is 92.2 Å². The third-order valence-corrected chi connectivity index (χ3v) is 4.47. The second-order valence-electron chi connectivity index (χ2n) is 6.10. The van der Waals surface area contributed by atoms with Crippen LogP contribution in [0, 0.1) is 0 Å². The maximum atomic E-state index is 12.6. The van der Waals surface area contributed by atoms with Crippen molar-refractivity contribution in [3.05, 3.63) is 76.6 Å². The van der Waals surface area contributed by atoms with E-state index in [0.717, 1.165) is 11.3 Å². The number of hydrogen-bond donors (Lipinski definition) is 2. The molecule has 1 amide bonds. The van der Waals surface area contributed by atoms with Gasteiger partial charge in [-0.25, -0.2) is 10.1 Å². The van der Waals surface area contributed by atoms with E-state index in [0.29, 0.717) is 23.0 Å². The number of carbonyl (C=O) groups excluding carboxylic acids is 1. The molecule has 1 aromatic carbocycles. The summed E-state index contributed by atoms with van der Waals surface area (Å²) < 4.78 is 1.93. The molecule has 7 nitrogen and oxygen atoms in total. The van der Waals surface area contributed by atoms with Crippen molar-refractivity contribution in [1.29, 1.82) is 0 Å². The molecule has 1 atom stereocenters. The lowest BCUT2D eigenvalue weighted by Crippen LogP contribution is -2.29. The Morgan fingerprint density at radius 1 is 1.19 bits per heavy atom. The van der Waals surface area contributed by atoms with Crippen LogP contribution < -0.4 is 10.9 Å². The minimum absolute atomic E-state index is 0.166. The van der Waals surface area contributed by atoms with Gasteiger partial charge in [-0.3, -0.25) is 9.59 Å². The number of nitrogens with one attached hydrogen (secondary N) is 2. The van der Waals surface area contributed by atoms with Crippen LogP contribution in [0.4, 0.5) is 0 Å². The monoisotopic (exact) mass is 347 g/mol. The summed E-state index contributed by atoms with van der Waals surface area (Å²) in [5.41, 5.74) is 2.01. The Morgan fingerprint density at radius 3 is 2.81 bits per heavy atom. The third-order valence-electron chi connectivity index (χ3n) is 4.47. The Balaban J connectivity index is 1.57. The zero-order chi connectivity index (χ0) is 18.1. The summed E-state index contributed by atoms with van der Waals surface area (Å²) in [6.45, 7) is 2.13. The Hall–Kier alpha value is -3.48. The molecule has 0 radical (unpaired) electrons. The number of hydrogen-bond acceptors (Lipinski definition) is 4. The minimum Gasteiger partial charge on any atom is -0.350 e. The number of aromatic nitrogens is 4. The largest absolute Gasteiger partial charge is 0.350 e. The van der Waals surface area contributed by atoms with Crippen molar-refractivity contribution in [2.24, 2.45) is 0 Å². The number of aromatic amines is 1. The molecule has 0 aliphatic heterocycles. The number of fused-ring (bicyclic) bond motifs is 2. The molecule has 0 bridgehead atoms. The van der Waals surface area contributed by atoms with Crippen molar-refractivity contribution in [1.82, 2.24) is 24.9 Å². The molecule has 0 aliphatic rings. The van der Waals surface area contributed by atoms with Gasteiger partial charge in [-0.15, -0.1) is 0 Å². The minimum atomic E-state index is -0.504. The first-order valence-corrected chi connectivity index (χ1v) is 8.31. The van der Waals surface area contributed by atoms with Crippen molar-refractivity contribution < 1.29 is 4.79 Å². The average Bonchev–Trinajstić information content (AvgIpc) is 3.09. The average molecular weight is 347 g/mol. The summed E-state index contributed by atoms with van der Waals surface area (Å²) in [4.78, 5) is 28.8.